The Hall–Kier alpha value is -3.31. The number of carbonyl (C=O) groups excluding carboxylic acids is 3. The lowest BCUT2D eigenvalue weighted by atomic mass is 10.2. The normalized spacial score (nSPS) is 10.9. The number of pyridine rings is 1. The number of methoxy groups -OCH3 is 1. The number of ether oxygens (including phenoxy) is 2. The van der Waals surface area contributed by atoms with Crippen molar-refractivity contribution < 1.29 is 32.3 Å². The molecule has 0 saturated carbocycles. The third kappa shape index (κ3) is 6.64. The molecular weight excluding hydrogens is 414 g/mol. The number of aromatic nitrogens is 1. The molecule has 1 aromatic carbocycles. The second-order valence-corrected chi connectivity index (χ2v) is 7.71. The van der Waals surface area contributed by atoms with Crippen LogP contribution in [0.25, 0.3) is 0 Å². The van der Waals surface area contributed by atoms with Crippen molar-refractivity contribution in [2.45, 2.75) is 18.4 Å². The summed E-state index contributed by atoms with van der Waals surface area (Å²) < 4.78 is 36.4. The summed E-state index contributed by atoms with van der Waals surface area (Å²) in [6.07, 6.45) is 1.18. The number of amides is 2. The lowest BCUT2D eigenvalue weighted by Gasteiger charge is -2.09. The number of nitrogens with one attached hydrogen (secondary N) is 2. The maximum Gasteiger partial charge on any atom is 0.303 e. The average Bonchev–Trinajstić information content (AvgIpc) is 2.72. The van der Waals surface area contributed by atoms with Crippen molar-refractivity contribution in [3.05, 3.63) is 59.4 Å². The Balaban J connectivity index is 2.02. The first-order valence-electron chi connectivity index (χ1n) is 8.75. The molecule has 0 saturated heterocycles. The van der Waals surface area contributed by atoms with Gasteiger partial charge in [-0.25, -0.2) is 13.1 Å². The zero-order valence-corrected chi connectivity index (χ0v) is 17.2. The molecule has 0 bridgehead atoms. The molecule has 0 unspecified atom stereocenters. The summed E-state index contributed by atoms with van der Waals surface area (Å²) in [5, 5.41) is 2.61. The van der Waals surface area contributed by atoms with Gasteiger partial charge in [-0.1, -0.05) is 0 Å². The van der Waals surface area contributed by atoms with Gasteiger partial charge in [0.15, 0.2) is 0 Å². The molecule has 30 heavy (non-hydrogen) atoms. The van der Waals surface area contributed by atoms with Crippen LogP contribution in [0.4, 0.5) is 0 Å². The summed E-state index contributed by atoms with van der Waals surface area (Å²) in [5.74, 6) is -1.72. The van der Waals surface area contributed by atoms with E-state index in [1.807, 2.05) is 4.72 Å². The van der Waals surface area contributed by atoms with Crippen molar-refractivity contribution in [1.29, 1.82) is 0 Å². The predicted molar refractivity (Wildman–Crippen MR) is 105 cm³/mol. The van der Waals surface area contributed by atoms with Gasteiger partial charge < -0.3 is 14.8 Å². The highest BCUT2D eigenvalue weighted by Crippen LogP contribution is 2.12. The number of esters is 1. The Kier molecular flexibility index (Phi) is 8.01. The highest BCUT2D eigenvalue weighted by molar-refractivity contribution is 7.90. The highest BCUT2D eigenvalue weighted by Gasteiger charge is 2.19. The van der Waals surface area contributed by atoms with Crippen LogP contribution in [-0.2, 0) is 30.9 Å². The van der Waals surface area contributed by atoms with E-state index in [9.17, 15) is 22.8 Å². The highest BCUT2D eigenvalue weighted by atomic mass is 32.2. The van der Waals surface area contributed by atoms with Crippen LogP contribution in [0.15, 0.2) is 47.5 Å². The summed E-state index contributed by atoms with van der Waals surface area (Å²) >= 11 is 0. The van der Waals surface area contributed by atoms with Crippen LogP contribution < -0.4 is 10.0 Å². The van der Waals surface area contributed by atoms with Crippen molar-refractivity contribution in [2.24, 2.45) is 0 Å². The summed E-state index contributed by atoms with van der Waals surface area (Å²) in [4.78, 5) is 38.7. The summed E-state index contributed by atoms with van der Waals surface area (Å²) in [6, 6.07) is 7.94. The third-order valence-electron chi connectivity index (χ3n) is 3.76. The summed E-state index contributed by atoms with van der Waals surface area (Å²) in [6.45, 7) is 1.87. The fraction of sp³-hybridized carbons (Fsp3) is 0.263. The third-order valence-corrected chi connectivity index (χ3v) is 5.10. The van der Waals surface area contributed by atoms with E-state index < -0.39 is 21.9 Å². The van der Waals surface area contributed by atoms with Crippen LogP contribution in [0.1, 0.15) is 33.3 Å². The average molecular weight is 435 g/mol. The molecule has 0 aliphatic heterocycles. The van der Waals surface area contributed by atoms with E-state index in [0.717, 1.165) is 0 Å². The van der Waals surface area contributed by atoms with Gasteiger partial charge in [0.05, 0.1) is 22.8 Å². The van der Waals surface area contributed by atoms with Crippen molar-refractivity contribution in [3.63, 3.8) is 0 Å². The standard InChI is InChI=1S/C19H21N3O7S/c1-13(23)29-12-16-6-3-15(11-21-16)19(25)22-30(26,27)17-7-4-14(5-8-17)18(24)20-9-10-28-2/h3-8,11H,9-10,12H2,1-2H3,(H,20,24)(H,22,25). The second kappa shape index (κ2) is 10.5. The van der Waals surface area contributed by atoms with Crippen molar-refractivity contribution in [1.82, 2.24) is 15.0 Å². The van der Waals surface area contributed by atoms with Gasteiger partial charge in [-0.15, -0.1) is 0 Å². The van der Waals surface area contributed by atoms with Crippen molar-refractivity contribution in [3.8, 4) is 0 Å². The van der Waals surface area contributed by atoms with Crippen LogP contribution in [0, 0.1) is 0 Å². The number of rotatable bonds is 9. The number of benzene rings is 1. The van der Waals surface area contributed by atoms with Crippen LogP contribution in [0.5, 0.6) is 0 Å². The Morgan fingerprint density at radius 3 is 2.23 bits per heavy atom. The van der Waals surface area contributed by atoms with Crippen LogP contribution >= 0.6 is 0 Å². The van der Waals surface area contributed by atoms with E-state index in [1.165, 1.54) is 56.6 Å². The number of hydrogen-bond acceptors (Lipinski definition) is 8. The van der Waals surface area contributed by atoms with Crippen LogP contribution in [0.3, 0.4) is 0 Å². The number of carbonyl (C=O) groups is 3. The first-order chi connectivity index (χ1) is 14.2. The Labute approximate surface area is 173 Å². The van der Waals surface area contributed by atoms with E-state index >= 15 is 0 Å². The number of hydrogen-bond donors (Lipinski definition) is 2. The fourth-order valence-electron chi connectivity index (χ4n) is 2.21. The van der Waals surface area contributed by atoms with E-state index in [0.29, 0.717) is 18.8 Å². The SMILES string of the molecule is COCCNC(=O)c1ccc(S(=O)(=O)NC(=O)c2ccc(COC(C)=O)nc2)cc1. The van der Waals surface area contributed by atoms with E-state index in [1.54, 1.807) is 0 Å². The van der Waals surface area contributed by atoms with E-state index in [4.69, 9.17) is 9.47 Å². The van der Waals surface area contributed by atoms with Gasteiger partial charge in [0.2, 0.25) is 0 Å². The maximum atomic E-state index is 12.4. The van der Waals surface area contributed by atoms with Gasteiger partial charge in [0.1, 0.15) is 6.61 Å². The van der Waals surface area contributed by atoms with Crippen molar-refractivity contribution in [2.75, 3.05) is 20.3 Å². The minimum atomic E-state index is -4.15. The van der Waals surface area contributed by atoms with Crippen LogP contribution in [0.2, 0.25) is 0 Å². The molecule has 1 aromatic heterocycles. The van der Waals surface area contributed by atoms with Crippen LogP contribution in [-0.4, -0.2) is 51.4 Å². The molecule has 0 radical (unpaired) electrons. The van der Waals surface area contributed by atoms with Gasteiger partial charge in [-0.05, 0) is 36.4 Å². The predicted octanol–water partition coefficient (Wildman–Crippen LogP) is 0.640. The molecule has 10 nitrogen and oxygen atoms in total. The smallest absolute Gasteiger partial charge is 0.303 e. The molecule has 1 heterocycles. The molecule has 11 heteroatoms. The first kappa shape index (κ1) is 23.0. The number of sulfonamides is 1. The molecule has 160 valence electrons. The summed E-state index contributed by atoms with van der Waals surface area (Å²) in [7, 11) is -2.64. The Bertz CT molecular complexity index is 1000. The second-order valence-electron chi connectivity index (χ2n) is 6.03. The van der Waals surface area contributed by atoms with Crippen molar-refractivity contribution >= 4 is 27.8 Å². The van der Waals surface area contributed by atoms with Gasteiger partial charge in [0, 0.05) is 32.3 Å². The fourth-order valence-corrected chi connectivity index (χ4v) is 3.19. The quantitative estimate of drug-likeness (QED) is 0.432. The summed E-state index contributed by atoms with van der Waals surface area (Å²) in [5.41, 5.74) is 0.687. The van der Waals surface area contributed by atoms with Gasteiger partial charge in [-0.2, -0.15) is 0 Å². The molecule has 0 atom stereocenters. The monoisotopic (exact) mass is 435 g/mol. The lowest BCUT2D eigenvalue weighted by Crippen LogP contribution is -2.31. The molecule has 2 N–H and O–H groups in total. The molecular formula is C19H21N3O7S. The zero-order valence-electron chi connectivity index (χ0n) is 16.4. The first-order valence-corrected chi connectivity index (χ1v) is 10.2. The van der Waals surface area contributed by atoms with Gasteiger partial charge in [0.25, 0.3) is 21.8 Å². The van der Waals surface area contributed by atoms with E-state index in [2.05, 4.69) is 10.3 Å². The molecule has 0 aliphatic rings. The molecule has 0 spiro atoms. The molecule has 2 aromatic rings. The van der Waals surface area contributed by atoms with E-state index in [-0.39, 0.29) is 28.5 Å². The molecule has 0 aliphatic carbocycles. The molecule has 2 rings (SSSR count). The molecule has 0 fully saturated rings. The minimum Gasteiger partial charge on any atom is -0.459 e. The maximum absolute atomic E-state index is 12.4. The minimum absolute atomic E-state index is 0.0132. The number of nitrogens with zero attached hydrogens (tertiary/aromatic N) is 1. The zero-order chi connectivity index (χ0) is 22.1. The largest absolute Gasteiger partial charge is 0.459 e. The van der Waals surface area contributed by atoms with Gasteiger partial charge in [-0.3, -0.25) is 19.4 Å². The topological polar surface area (TPSA) is 141 Å². The lowest BCUT2D eigenvalue weighted by molar-refractivity contribution is -0.142. The Morgan fingerprint density at radius 1 is 1.00 bits per heavy atom. The molecule has 2 amide bonds. The Morgan fingerprint density at radius 2 is 1.67 bits per heavy atom. The van der Waals surface area contributed by atoms with Gasteiger partial charge >= 0.3 is 5.97 Å².